The van der Waals surface area contributed by atoms with Gasteiger partial charge in [-0.1, -0.05) is 0 Å². The van der Waals surface area contributed by atoms with Crippen LogP contribution in [0.25, 0.3) is 11.1 Å². The Bertz CT molecular complexity index is 3870. The van der Waals surface area contributed by atoms with Crippen LogP contribution >= 0.6 is 76.2 Å². The minimum absolute atomic E-state index is 0.534. The molecule has 0 aliphatic carbocycles. The zero-order chi connectivity index (χ0) is 83.0. The number of hydrogen-bond donors (Lipinski definition) is 0. The third-order valence-electron chi connectivity index (χ3n) is 19.3. The van der Waals surface area contributed by atoms with Crippen molar-refractivity contribution < 1.29 is 28.8 Å². The third-order valence-corrected chi connectivity index (χ3v) is 150. The second-order valence-corrected chi connectivity index (χ2v) is 308. The molecule has 0 bridgehead atoms. The van der Waals surface area contributed by atoms with Crippen molar-refractivity contribution in [3.63, 3.8) is 0 Å². The molecule has 4 saturated heterocycles. The molecule has 7 aliphatic heterocycles. The minimum atomic E-state index is -4.57. The molecular weight excluding hydrogens is 3070 g/mol. The summed E-state index contributed by atoms with van der Waals surface area (Å²) in [5, 5.41) is 0. The van der Waals surface area contributed by atoms with Crippen LogP contribution in [-0.4, -0.2) is 244 Å². The fourth-order valence-electron chi connectivity index (χ4n) is 11.9. The van der Waals surface area contributed by atoms with E-state index in [0.29, 0.717) is 11.5 Å². The molecule has 624 valence electrons. The van der Waals surface area contributed by atoms with Crippen LogP contribution in [0.1, 0.15) is 12.8 Å². The monoisotopic (exact) mass is 3200 g/mol. The molecule has 0 atom stereocenters. The fraction of sp³-hybridized carbons (Fsp3) is 0.468. The first-order valence-corrected chi connectivity index (χ1v) is 169. The van der Waals surface area contributed by atoms with Gasteiger partial charge in [-0.2, -0.15) is 0 Å². The summed E-state index contributed by atoms with van der Waals surface area (Å²) in [5.74, 6) is 3.89. The van der Waals surface area contributed by atoms with E-state index in [-0.39, 0.29) is 0 Å². The molecule has 7 heterocycles. The summed E-state index contributed by atoms with van der Waals surface area (Å²) in [6.07, 6.45) is 3.07. The van der Waals surface area contributed by atoms with E-state index in [9.17, 15) is 8.25 Å². The van der Waals surface area contributed by atoms with Crippen molar-refractivity contribution in [2.45, 2.75) is 141 Å². The average Bonchev–Trinajstić information content (AvgIpc) is 1.54. The third kappa shape index (κ3) is 33.8. The van der Waals surface area contributed by atoms with E-state index >= 15 is 2.81 Å². The summed E-state index contributed by atoms with van der Waals surface area (Å²) < 4.78 is 120. The summed E-state index contributed by atoms with van der Waals surface area (Å²) in [7, 11) is 27.4. The summed E-state index contributed by atoms with van der Waals surface area (Å²) in [6, 6.07) is 61.6. The number of para-hydroxylation sites is 2. The molecule has 0 amide bonds. The van der Waals surface area contributed by atoms with Gasteiger partial charge in [-0.05, 0) is 0 Å². The van der Waals surface area contributed by atoms with Crippen molar-refractivity contribution in [1.82, 2.24) is 6.12 Å². The van der Waals surface area contributed by atoms with Crippen molar-refractivity contribution in [1.29, 1.82) is 0 Å². The molecule has 0 unspecified atom stereocenters. The van der Waals surface area contributed by atoms with E-state index in [1.807, 2.05) is 176 Å². The molecule has 4 fully saturated rings. The topological polar surface area (TPSA) is 61.9 Å². The molecule has 14 rings (SSSR count). The molecular formula is C79H132Bi4Br2Cl2F4N2O6S4Sb6. The predicted octanol–water partition coefficient (Wildman–Crippen LogP) is 25.8. The Balaban J connectivity index is 0.000000218. The van der Waals surface area contributed by atoms with Crippen LogP contribution in [0.15, 0.2) is 198 Å². The van der Waals surface area contributed by atoms with Crippen LogP contribution in [0.3, 0.4) is 0 Å². The molecule has 109 heavy (non-hydrogen) atoms. The number of benzene rings is 7. The number of fused-ring (bicyclic) bond motifs is 5. The van der Waals surface area contributed by atoms with E-state index in [2.05, 4.69) is 141 Å². The van der Waals surface area contributed by atoms with Gasteiger partial charge in [0.15, 0.2) is 0 Å². The van der Waals surface area contributed by atoms with Crippen molar-refractivity contribution in [2.75, 3.05) is 66.1 Å². The summed E-state index contributed by atoms with van der Waals surface area (Å²) in [6.45, 7) is 3.40. The first-order valence-electron chi connectivity index (χ1n) is 36.2. The molecule has 0 N–H and O–H groups in total. The molecule has 7 aromatic carbocycles. The Morgan fingerprint density at radius 1 is 0.468 bits per heavy atom. The second kappa shape index (κ2) is 37.3. The predicted molar refractivity (Wildman–Crippen MR) is 517 cm³/mol. The van der Waals surface area contributed by atoms with Crippen molar-refractivity contribution in [2.24, 2.45) is 0 Å². The summed E-state index contributed by atoms with van der Waals surface area (Å²) >= 11 is -24.7. The first kappa shape index (κ1) is 105. The molecule has 30 heteroatoms. The van der Waals surface area contributed by atoms with E-state index < -0.39 is 172 Å². The van der Waals surface area contributed by atoms with E-state index in [0.717, 1.165) is 57.5 Å². The van der Waals surface area contributed by atoms with Crippen molar-refractivity contribution in [3.8, 4) is 22.6 Å². The second-order valence-electron chi connectivity index (χ2n) is 36.1. The van der Waals surface area contributed by atoms with Gasteiger partial charge in [0, 0.05) is 0 Å². The van der Waals surface area contributed by atoms with Gasteiger partial charge in [-0.25, -0.2) is 0 Å². The van der Waals surface area contributed by atoms with Crippen LogP contribution in [0.4, 0.5) is 11.1 Å². The van der Waals surface area contributed by atoms with Gasteiger partial charge in [0.1, 0.15) is 0 Å². The Labute approximate surface area is 704 Å². The van der Waals surface area contributed by atoms with Gasteiger partial charge in [0.05, 0.1) is 0 Å². The Morgan fingerprint density at radius 3 is 1.05 bits per heavy atom. The number of rotatable bonds is 5. The Morgan fingerprint density at radius 2 is 0.789 bits per heavy atom. The quantitative estimate of drug-likeness (QED) is 0.122. The van der Waals surface area contributed by atoms with Gasteiger partial charge < -0.3 is 0 Å². The van der Waals surface area contributed by atoms with Crippen LogP contribution < -0.4 is 22.9 Å². The fourth-order valence-corrected chi connectivity index (χ4v) is 110. The number of hydrogen-bond acceptors (Lipinski definition) is 12. The molecule has 8 nitrogen and oxygen atoms in total. The van der Waals surface area contributed by atoms with Gasteiger partial charge >= 0.3 is 718 Å². The van der Waals surface area contributed by atoms with Crippen LogP contribution in [0.5, 0.6) is 11.5 Å². The number of nitrogens with zero attached hydrogens (tertiary/aromatic N) is 2. The van der Waals surface area contributed by atoms with Crippen molar-refractivity contribution >= 4 is 265 Å². The van der Waals surface area contributed by atoms with E-state index in [1.54, 1.807) is 57.0 Å². The number of halogens is 8. The van der Waals surface area contributed by atoms with Gasteiger partial charge in [-0.3, -0.25) is 0 Å². The number of likely N-dealkylation sites (N-methyl/N-ethyl adjacent to an activating group) is 2. The average molecular weight is 3210 g/mol. The molecule has 7 aromatic rings. The zero-order valence-corrected chi connectivity index (χ0v) is 107. The van der Waals surface area contributed by atoms with E-state index in [1.165, 1.54) is 57.7 Å². The molecule has 0 aromatic heterocycles. The molecule has 0 spiro atoms. The standard InChI is InChI=1S/C12H8.C6H6O2.C6H6S2.3C6H5.C4H10N2.C4H8.C2H4O2.C2H6S2.2CH3O.23CH3.4Bi.2BrH.2ClH.4FH.6Sb/c1-3-7-11(8-4-1)12-9-5-2-6-10-12;2*7-5-3-1-2-4-6(5)8;3*1-2-4-6-5-3-1;1-5-3-4-6-2;1-3-4-2;2*3-1-2-4;2*1-2;;;;;;;;;;;;;;;;;;;;;;;;;;;;;;;;;;;;;;;;;/h1-7,9H;2*1-4,7-8H;3*1-5H;3-4H2,1-2H3;1-4H2;1-2H2;3-4H,1-2H2;2*1H3;23*1H3;;;;;8*1H;;;;;;/q;;;;;;-2;;-2;;2*-1;;;;;;;;;;;;;;;;;;;;;;;;3*+2;+3;;;;;;;;;;+1;2*+2;2*+3/p-14. The van der Waals surface area contributed by atoms with E-state index in [4.69, 9.17) is 34.7 Å². The van der Waals surface area contributed by atoms with Crippen LogP contribution in [-0.2, 0) is 11.7 Å². The van der Waals surface area contributed by atoms with Crippen LogP contribution in [0.2, 0.25) is 119 Å². The molecule has 0 radical (unpaired) electrons. The van der Waals surface area contributed by atoms with Gasteiger partial charge in [0.25, 0.3) is 0 Å². The summed E-state index contributed by atoms with van der Waals surface area (Å²) in [5.41, 5.74) is 2.21. The summed E-state index contributed by atoms with van der Waals surface area (Å²) in [4.78, 5) is 34.2. The van der Waals surface area contributed by atoms with Gasteiger partial charge in [-0.15, -0.1) is 0 Å². The first-order chi connectivity index (χ1) is 48.9. The maximum absolute atomic E-state index is 15.5. The normalized spacial score (nSPS) is 25.7. The maximum atomic E-state index is 15.5. The molecule has 0 saturated carbocycles. The Kier molecular flexibility index (Phi) is 35.8. The molecule has 7 aliphatic rings. The SMILES string of the molecule is C[N]1CC[N](C)[Sb]1([CH3])([CH3])[F].C[O][Bi]([CH3])([CH3])([O]C)[c]1ccccc1.[CH3][Bi]([CH3])([Br])([Br])[c]1ccccc1.[CH3][Bi]([CH3])([Cl])([Cl])[c]1ccccc1.[CH3][Bi]1([CH3])([F])[S]c2ccccc2[S]1.[CH3][Sb]1([CH3])([CH3])[CH2]CC[CH2]1.[CH3][Sb]1([CH3])([CH3])[O]CC[O]1.[CH3][Sb]1([CH3])([CH3])[S]CC[S]1.[CH3][Sb]1([CH3])([F])[O]c2ccccc2[O]1.[CH3][Sb]1([CH3])([F])[c]2ccccc2-c2cccc[c]21. The van der Waals surface area contributed by atoms with Crippen molar-refractivity contribution in [3.05, 3.63) is 188 Å². The van der Waals surface area contributed by atoms with Crippen LogP contribution in [0, 0.1) is 0 Å². The zero-order valence-electron chi connectivity index (χ0n) is 69.9. The Hall–Kier alpha value is 5.00. The van der Waals surface area contributed by atoms with Gasteiger partial charge in [0.2, 0.25) is 0 Å².